The lowest BCUT2D eigenvalue weighted by atomic mass is 10.2. The molecule has 1 atom stereocenters. The van der Waals surface area contributed by atoms with E-state index in [1.807, 2.05) is 6.92 Å². The highest BCUT2D eigenvalue weighted by atomic mass is 35.5. The van der Waals surface area contributed by atoms with Gasteiger partial charge in [-0.3, -0.25) is 9.59 Å². The summed E-state index contributed by atoms with van der Waals surface area (Å²) in [5.74, 6) is -0.270. The molecule has 0 aromatic heterocycles. The molecular formula is C12H14ClNO3. The van der Waals surface area contributed by atoms with Crippen molar-refractivity contribution >= 4 is 23.8 Å². The number of hydrogen-bond acceptors (Lipinski definition) is 3. The normalized spacial score (nSPS) is 11.9. The van der Waals surface area contributed by atoms with Crippen LogP contribution in [0.25, 0.3) is 0 Å². The molecule has 1 aromatic rings. The molecule has 1 unspecified atom stereocenters. The zero-order valence-electron chi connectivity index (χ0n) is 9.48. The van der Waals surface area contributed by atoms with E-state index in [1.54, 1.807) is 18.2 Å². The molecule has 1 rings (SSSR count). The van der Waals surface area contributed by atoms with Gasteiger partial charge in [0.05, 0.1) is 10.6 Å². The Hall–Kier alpha value is -1.55. The van der Waals surface area contributed by atoms with Crippen LogP contribution in [0.1, 0.15) is 30.1 Å². The summed E-state index contributed by atoms with van der Waals surface area (Å²) in [5.41, 5.74) is 5.45. The molecule has 0 radical (unpaired) electrons. The molecular weight excluding hydrogens is 242 g/mol. The highest BCUT2D eigenvalue weighted by molar-refractivity contribution is 6.33. The Morgan fingerprint density at radius 3 is 2.82 bits per heavy atom. The fourth-order valence-electron chi connectivity index (χ4n) is 1.41. The number of benzene rings is 1. The van der Waals surface area contributed by atoms with Gasteiger partial charge in [0, 0.05) is 0 Å². The number of amides is 1. The molecule has 5 heteroatoms. The first-order valence-corrected chi connectivity index (χ1v) is 5.67. The van der Waals surface area contributed by atoms with Gasteiger partial charge in [0.15, 0.2) is 12.4 Å². The summed E-state index contributed by atoms with van der Waals surface area (Å²) in [6, 6.07) is 4.81. The average Bonchev–Trinajstić information content (AvgIpc) is 2.28. The Morgan fingerprint density at radius 2 is 2.29 bits per heavy atom. The van der Waals surface area contributed by atoms with E-state index in [2.05, 4.69) is 0 Å². The second kappa shape index (κ2) is 6.25. The summed E-state index contributed by atoms with van der Waals surface area (Å²) in [5, 5.41) is 0.289. The van der Waals surface area contributed by atoms with E-state index < -0.39 is 12.0 Å². The lowest BCUT2D eigenvalue weighted by molar-refractivity contribution is -0.125. The third kappa shape index (κ3) is 3.46. The Kier molecular flexibility index (Phi) is 4.97. The summed E-state index contributed by atoms with van der Waals surface area (Å²) in [6.45, 7) is 1.91. The molecule has 1 aromatic carbocycles. The van der Waals surface area contributed by atoms with Crippen LogP contribution in [0.2, 0.25) is 5.02 Å². The molecule has 2 N–H and O–H groups in total. The molecule has 0 aliphatic rings. The van der Waals surface area contributed by atoms with Crippen LogP contribution in [-0.4, -0.2) is 18.3 Å². The van der Waals surface area contributed by atoms with Gasteiger partial charge in [-0.2, -0.15) is 0 Å². The third-order valence-electron chi connectivity index (χ3n) is 2.27. The highest BCUT2D eigenvalue weighted by Gasteiger charge is 2.18. The second-order valence-electron chi connectivity index (χ2n) is 3.57. The number of primary amides is 1. The summed E-state index contributed by atoms with van der Waals surface area (Å²) in [6.07, 6.45) is 1.11. The van der Waals surface area contributed by atoms with Crippen molar-refractivity contribution in [2.75, 3.05) is 0 Å². The van der Waals surface area contributed by atoms with Crippen LogP contribution in [0.3, 0.4) is 0 Å². The smallest absolute Gasteiger partial charge is 0.258 e. The molecule has 92 valence electrons. The number of carbonyl (C=O) groups is 2. The van der Waals surface area contributed by atoms with Crippen LogP contribution in [0.5, 0.6) is 5.75 Å². The Bertz CT molecular complexity index is 420. The fraction of sp³-hybridized carbons (Fsp3) is 0.333. The second-order valence-corrected chi connectivity index (χ2v) is 3.97. The number of aldehydes is 1. The maximum absolute atomic E-state index is 11.2. The summed E-state index contributed by atoms with van der Waals surface area (Å²) in [4.78, 5) is 22.0. The molecule has 0 fully saturated rings. The predicted octanol–water partition coefficient (Wildman–Crippen LogP) is 2.19. The van der Waals surface area contributed by atoms with Crippen LogP contribution in [0.4, 0.5) is 0 Å². The van der Waals surface area contributed by atoms with E-state index in [0.29, 0.717) is 12.7 Å². The fourth-order valence-corrected chi connectivity index (χ4v) is 1.62. The van der Waals surface area contributed by atoms with Gasteiger partial charge in [0.2, 0.25) is 0 Å². The topological polar surface area (TPSA) is 69.4 Å². The minimum Gasteiger partial charge on any atom is -0.480 e. The zero-order chi connectivity index (χ0) is 12.8. The van der Waals surface area contributed by atoms with E-state index in [9.17, 15) is 9.59 Å². The lowest BCUT2D eigenvalue weighted by Crippen LogP contribution is -2.33. The van der Waals surface area contributed by atoms with Gasteiger partial charge in [-0.15, -0.1) is 0 Å². The van der Waals surface area contributed by atoms with Crippen molar-refractivity contribution < 1.29 is 14.3 Å². The first kappa shape index (κ1) is 13.5. The summed E-state index contributed by atoms with van der Waals surface area (Å²) in [7, 11) is 0. The summed E-state index contributed by atoms with van der Waals surface area (Å²) >= 11 is 5.84. The first-order chi connectivity index (χ1) is 8.10. The van der Waals surface area contributed by atoms with Gasteiger partial charge in [0.1, 0.15) is 5.75 Å². The molecule has 0 heterocycles. The molecule has 4 nitrogen and oxygen atoms in total. The van der Waals surface area contributed by atoms with Crippen LogP contribution < -0.4 is 10.5 Å². The van der Waals surface area contributed by atoms with E-state index in [-0.39, 0.29) is 16.3 Å². The molecule has 0 bridgehead atoms. The molecule has 0 saturated carbocycles. The van der Waals surface area contributed by atoms with Gasteiger partial charge in [-0.25, -0.2) is 0 Å². The molecule has 0 saturated heterocycles. The quantitative estimate of drug-likeness (QED) is 0.792. The maximum Gasteiger partial charge on any atom is 0.258 e. The lowest BCUT2D eigenvalue weighted by Gasteiger charge is -2.16. The average molecular weight is 256 g/mol. The van der Waals surface area contributed by atoms with Crippen molar-refractivity contribution in [3.05, 3.63) is 28.8 Å². The van der Waals surface area contributed by atoms with E-state index >= 15 is 0 Å². The van der Waals surface area contributed by atoms with Crippen LogP contribution >= 0.6 is 11.6 Å². The number of carbonyl (C=O) groups excluding carboxylic acids is 2. The maximum atomic E-state index is 11.2. The number of rotatable bonds is 6. The van der Waals surface area contributed by atoms with Crippen LogP contribution in [-0.2, 0) is 4.79 Å². The molecule has 1 amide bonds. The Balaban J connectivity index is 2.96. The van der Waals surface area contributed by atoms with Gasteiger partial charge < -0.3 is 10.5 Å². The van der Waals surface area contributed by atoms with Crippen molar-refractivity contribution in [2.24, 2.45) is 5.73 Å². The van der Waals surface area contributed by atoms with Gasteiger partial charge >= 0.3 is 0 Å². The molecule has 0 aliphatic carbocycles. The number of hydrogen-bond donors (Lipinski definition) is 1. The first-order valence-electron chi connectivity index (χ1n) is 5.29. The van der Waals surface area contributed by atoms with Crippen LogP contribution in [0.15, 0.2) is 18.2 Å². The van der Waals surface area contributed by atoms with Crippen molar-refractivity contribution in [2.45, 2.75) is 25.9 Å². The summed E-state index contributed by atoms with van der Waals surface area (Å²) < 4.78 is 5.43. The van der Waals surface area contributed by atoms with Gasteiger partial charge in [-0.05, 0) is 18.6 Å². The molecule has 17 heavy (non-hydrogen) atoms. The van der Waals surface area contributed by atoms with Crippen molar-refractivity contribution in [1.29, 1.82) is 0 Å². The SMILES string of the molecule is CCCC(Oc1cccc(Cl)c1C=O)C(N)=O. The Morgan fingerprint density at radius 1 is 1.59 bits per heavy atom. The van der Waals surface area contributed by atoms with Gasteiger partial charge in [0.25, 0.3) is 5.91 Å². The van der Waals surface area contributed by atoms with Gasteiger partial charge in [-0.1, -0.05) is 31.0 Å². The monoisotopic (exact) mass is 255 g/mol. The highest BCUT2D eigenvalue weighted by Crippen LogP contribution is 2.25. The standard InChI is InChI=1S/C12H14ClNO3/c1-2-4-11(12(14)16)17-10-6-3-5-9(13)8(10)7-15/h3,5-7,11H,2,4H2,1H3,(H2,14,16). The van der Waals surface area contributed by atoms with Crippen molar-refractivity contribution in [3.8, 4) is 5.75 Å². The molecule has 0 aliphatic heterocycles. The number of ether oxygens (including phenoxy) is 1. The number of nitrogens with two attached hydrogens (primary N) is 1. The Labute approximate surface area is 105 Å². The largest absolute Gasteiger partial charge is 0.480 e. The molecule has 0 spiro atoms. The minimum absolute atomic E-state index is 0.233. The zero-order valence-corrected chi connectivity index (χ0v) is 10.2. The van der Waals surface area contributed by atoms with Crippen LogP contribution in [0, 0.1) is 0 Å². The third-order valence-corrected chi connectivity index (χ3v) is 2.60. The van der Waals surface area contributed by atoms with E-state index in [1.165, 1.54) is 0 Å². The van der Waals surface area contributed by atoms with E-state index in [0.717, 1.165) is 6.42 Å². The minimum atomic E-state index is -0.739. The van der Waals surface area contributed by atoms with E-state index in [4.69, 9.17) is 22.1 Å². The van der Waals surface area contributed by atoms with Crippen molar-refractivity contribution in [3.63, 3.8) is 0 Å². The number of halogens is 1. The van der Waals surface area contributed by atoms with Crippen molar-refractivity contribution in [1.82, 2.24) is 0 Å². The predicted molar refractivity (Wildman–Crippen MR) is 65.4 cm³/mol.